The van der Waals surface area contributed by atoms with E-state index in [-0.39, 0.29) is 18.3 Å². The van der Waals surface area contributed by atoms with Crippen LogP contribution in [0.25, 0.3) is 0 Å². The molecule has 0 aromatic heterocycles. The van der Waals surface area contributed by atoms with Crippen LogP contribution in [0.2, 0.25) is 0 Å². The molecule has 1 aliphatic rings. The van der Waals surface area contributed by atoms with Crippen LogP contribution in [-0.4, -0.2) is 22.4 Å². The molecule has 0 unspecified atom stereocenters. The number of benzene rings is 1. The van der Waals surface area contributed by atoms with Crippen molar-refractivity contribution in [3.05, 3.63) is 29.8 Å². The van der Waals surface area contributed by atoms with Crippen LogP contribution in [0.3, 0.4) is 0 Å². The maximum Gasteiger partial charge on any atom is 0.299 e. The Balaban J connectivity index is 0.000000531. The number of fused-ring (bicyclic) bond motifs is 1. The number of halogens is 1. The molecule has 0 atom stereocenters. The Hall–Kier alpha value is -0.980. The van der Waals surface area contributed by atoms with Gasteiger partial charge in [-0.25, -0.2) is 4.18 Å². The highest BCUT2D eigenvalue weighted by atomic mass is 32.2. The zero-order valence-corrected chi connectivity index (χ0v) is 8.96. The van der Waals surface area contributed by atoms with Crippen LogP contribution < -0.4 is 0 Å². The zero-order chi connectivity index (χ0) is 11.3. The fraction of sp³-hybridized carbons (Fsp3) is 0.333. The lowest BCUT2D eigenvalue weighted by atomic mass is 10.2. The van der Waals surface area contributed by atoms with E-state index in [1.807, 2.05) is 0 Å². The van der Waals surface area contributed by atoms with Crippen molar-refractivity contribution < 1.29 is 21.7 Å². The van der Waals surface area contributed by atoms with E-state index >= 15 is 0 Å². The first-order valence-electron chi connectivity index (χ1n) is 4.13. The van der Waals surface area contributed by atoms with Crippen LogP contribution in [-0.2, 0) is 25.6 Å². The number of hydrogen-bond acceptors (Lipinski definition) is 4. The minimum Gasteiger partial charge on any atom is -0.349 e. The van der Waals surface area contributed by atoms with Gasteiger partial charge in [0.2, 0.25) is 0 Å². The Morgan fingerprint density at radius 3 is 2.67 bits per heavy atom. The highest BCUT2D eigenvalue weighted by Crippen LogP contribution is 2.21. The molecule has 6 heteroatoms. The van der Waals surface area contributed by atoms with Crippen LogP contribution in [0, 0.1) is 0 Å². The lowest BCUT2D eigenvalue weighted by molar-refractivity contribution is 0.0140. The van der Waals surface area contributed by atoms with Crippen LogP contribution in [0.5, 0.6) is 0 Å². The van der Waals surface area contributed by atoms with Gasteiger partial charge in [0.25, 0.3) is 10.1 Å². The third-order valence-electron chi connectivity index (χ3n) is 1.79. The van der Waals surface area contributed by atoms with E-state index in [2.05, 4.69) is 4.18 Å². The predicted octanol–water partition coefficient (Wildman–Crippen LogP) is 1.47. The van der Waals surface area contributed by atoms with Crippen LogP contribution in [0.1, 0.15) is 5.56 Å². The molecule has 0 radical (unpaired) electrons. The van der Waals surface area contributed by atoms with Gasteiger partial charge >= 0.3 is 0 Å². The van der Waals surface area contributed by atoms with Crippen molar-refractivity contribution in [2.75, 3.05) is 14.0 Å². The van der Waals surface area contributed by atoms with E-state index in [0.717, 1.165) is 0 Å². The van der Waals surface area contributed by atoms with Crippen molar-refractivity contribution in [3.63, 3.8) is 0 Å². The largest absolute Gasteiger partial charge is 0.349 e. The van der Waals surface area contributed by atoms with E-state index in [1.165, 1.54) is 6.07 Å². The Bertz CT molecular complexity index is 416. The second-order valence-corrected chi connectivity index (χ2v) is 4.23. The number of ether oxygens (including phenoxy) is 1. The Labute approximate surface area is 87.8 Å². The number of rotatable bonds is 0. The molecule has 15 heavy (non-hydrogen) atoms. The minimum absolute atomic E-state index is 0.201. The summed E-state index contributed by atoms with van der Waals surface area (Å²) in [6.45, 7) is 0.0619. The topological polar surface area (TPSA) is 52.6 Å². The first-order chi connectivity index (χ1) is 7.20. The molecule has 1 aromatic rings. The van der Waals surface area contributed by atoms with Crippen molar-refractivity contribution in [1.82, 2.24) is 0 Å². The van der Waals surface area contributed by atoms with Crippen LogP contribution >= 0.6 is 0 Å². The first-order valence-corrected chi connectivity index (χ1v) is 5.54. The van der Waals surface area contributed by atoms with Gasteiger partial charge in [-0.3, -0.25) is 4.39 Å². The maximum atomic E-state index is 11.4. The molecule has 0 bridgehead atoms. The van der Waals surface area contributed by atoms with Crippen molar-refractivity contribution >= 4 is 10.1 Å². The van der Waals surface area contributed by atoms with Gasteiger partial charge < -0.3 is 4.74 Å². The molecule has 0 aliphatic carbocycles. The number of hydrogen-bond donors (Lipinski definition) is 0. The van der Waals surface area contributed by atoms with Gasteiger partial charge in [-0.1, -0.05) is 18.2 Å². The second-order valence-electron chi connectivity index (χ2n) is 2.65. The minimum atomic E-state index is -3.60. The van der Waals surface area contributed by atoms with Gasteiger partial charge in [-0.05, 0) is 11.6 Å². The molecule has 1 aromatic carbocycles. The lowest BCUT2D eigenvalue weighted by Crippen LogP contribution is -2.05. The van der Waals surface area contributed by atoms with Gasteiger partial charge in [-0.15, -0.1) is 0 Å². The average molecular weight is 234 g/mol. The van der Waals surface area contributed by atoms with E-state index in [0.29, 0.717) is 12.7 Å². The summed E-state index contributed by atoms with van der Waals surface area (Å²) in [4.78, 5) is 0.201. The molecule has 84 valence electrons. The molecule has 2 rings (SSSR count). The maximum absolute atomic E-state index is 11.4. The molecular weight excluding hydrogens is 223 g/mol. The standard InChI is InChI=1S/C8H8O4S.CH3F/c9-13(10)8-4-2-1-3-7(8)5-11-6-12-13;1-2/h1-4H,5-6H2;1H3. The summed E-state index contributed by atoms with van der Waals surface area (Å²) in [7, 11) is -3.10. The molecule has 0 saturated carbocycles. The summed E-state index contributed by atoms with van der Waals surface area (Å²) >= 11 is 0. The SMILES string of the molecule is CF.O=S1(=O)OCOCc2ccccc21. The molecule has 4 nitrogen and oxygen atoms in total. The third-order valence-corrected chi connectivity index (χ3v) is 3.13. The summed E-state index contributed by atoms with van der Waals surface area (Å²) < 4.78 is 41.8. The van der Waals surface area contributed by atoms with Crippen LogP contribution in [0.15, 0.2) is 29.2 Å². The normalized spacial score (nSPS) is 18.0. The third kappa shape index (κ3) is 2.74. The van der Waals surface area contributed by atoms with E-state index in [1.54, 1.807) is 18.2 Å². The predicted molar refractivity (Wildman–Crippen MR) is 51.4 cm³/mol. The molecule has 0 fully saturated rings. The quantitative estimate of drug-likeness (QED) is 0.638. The zero-order valence-electron chi connectivity index (χ0n) is 8.14. The summed E-state index contributed by atoms with van der Waals surface area (Å²) in [6.07, 6.45) is 0. The smallest absolute Gasteiger partial charge is 0.299 e. The van der Waals surface area contributed by atoms with Crippen molar-refractivity contribution in [2.24, 2.45) is 0 Å². The molecule has 1 heterocycles. The summed E-state index contributed by atoms with van der Waals surface area (Å²) in [5, 5.41) is 0. The highest BCUT2D eigenvalue weighted by Gasteiger charge is 2.21. The molecule has 0 N–H and O–H groups in total. The van der Waals surface area contributed by atoms with Crippen LogP contribution in [0.4, 0.5) is 4.39 Å². The van der Waals surface area contributed by atoms with E-state index < -0.39 is 10.1 Å². The number of alkyl halides is 1. The van der Waals surface area contributed by atoms with Crippen molar-refractivity contribution in [2.45, 2.75) is 11.5 Å². The fourth-order valence-corrected chi connectivity index (χ4v) is 2.19. The molecule has 0 saturated heterocycles. The molecule has 0 spiro atoms. The molecule has 1 aliphatic heterocycles. The average Bonchev–Trinajstić information content (AvgIpc) is 2.41. The van der Waals surface area contributed by atoms with Gasteiger partial charge in [0.05, 0.1) is 18.7 Å². The molecular formula is C9H11FO4S. The first kappa shape index (κ1) is 12.1. The Kier molecular flexibility index (Phi) is 4.19. The van der Waals surface area contributed by atoms with Gasteiger partial charge in [0, 0.05) is 0 Å². The lowest BCUT2D eigenvalue weighted by Gasteiger charge is -2.01. The summed E-state index contributed by atoms with van der Waals surface area (Å²) in [5.74, 6) is 0. The van der Waals surface area contributed by atoms with Gasteiger partial charge in [0.15, 0.2) is 6.79 Å². The summed E-state index contributed by atoms with van der Waals surface area (Å²) in [6, 6.07) is 6.65. The second kappa shape index (κ2) is 5.20. The fourth-order valence-electron chi connectivity index (χ4n) is 1.18. The Morgan fingerprint density at radius 2 is 1.93 bits per heavy atom. The van der Waals surface area contributed by atoms with Gasteiger partial charge in [-0.2, -0.15) is 8.42 Å². The van der Waals surface area contributed by atoms with Crippen molar-refractivity contribution in [3.8, 4) is 0 Å². The van der Waals surface area contributed by atoms with E-state index in [9.17, 15) is 12.8 Å². The monoisotopic (exact) mass is 234 g/mol. The van der Waals surface area contributed by atoms with Gasteiger partial charge in [0.1, 0.15) is 0 Å². The molecule has 0 amide bonds. The highest BCUT2D eigenvalue weighted by molar-refractivity contribution is 7.86. The summed E-state index contributed by atoms with van der Waals surface area (Å²) in [5.41, 5.74) is 0.639. The Morgan fingerprint density at radius 1 is 1.27 bits per heavy atom. The van der Waals surface area contributed by atoms with E-state index in [4.69, 9.17) is 4.74 Å². The van der Waals surface area contributed by atoms with Crippen molar-refractivity contribution in [1.29, 1.82) is 0 Å².